The van der Waals surface area contributed by atoms with Gasteiger partial charge in [0.1, 0.15) is 5.75 Å². The van der Waals surface area contributed by atoms with E-state index in [2.05, 4.69) is 13.0 Å². The van der Waals surface area contributed by atoms with Gasteiger partial charge < -0.3 is 9.84 Å². The van der Waals surface area contributed by atoms with Crippen LogP contribution in [0.1, 0.15) is 11.1 Å². The zero-order valence-corrected chi connectivity index (χ0v) is 11.3. The third-order valence-electron chi connectivity index (χ3n) is 2.69. The van der Waals surface area contributed by atoms with Gasteiger partial charge in [-0.25, -0.2) is 0 Å². The normalized spacial score (nSPS) is 10.4. The van der Waals surface area contributed by atoms with Crippen LogP contribution in [-0.2, 0) is 6.61 Å². The van der Waals surface area contributed by atoms with Crippen molar-refractivity contribution >= 4 is 11.8 Å². The van der Waals surface area contributed by atoms with Crippen LogP contribution in [-0.4, -0.2) is 12.2 Å². The molecule has 0 aliphatic carbocycles. The summed E-state index contributed by atoms with van der Waals surface area (Å²) in [5, 5.41) is 9.09. The number of benzene rings is 2. The summed E-state index contributed by atoms with van der Waals surface area (Å²) in [6.45, 7) is 2.15. The van der Waals surface area contributed by atoms with Gasteiger partial charge in [-0.05, 0) is 42.3 Å². The lowest BCUT2D eigenvalue weighted by atomic mass is 10.1. The van der Waals surface area contributed by atoms with E-state index in [1.165, 1.54) is 10.5 Å². The van der Waals surface area contributed by atoms with E-state index >= 15 is 0 Å². The summed E-state index contributed by atoms with van der Waals surface area (Å²) in [5.74, 6) is 0.865. The molecule has 0 aromatic heterocycles. The van der Waals surface area contributed by atoms with Crippen molar-refractivity contribution in [1.29, 1.82) is 0 Å². The second-order valence-electron chi connectivity index (χ2n) is 4.04. The summed E-state index contributed by atoms with van der Waals surface area (Å²) in [4.78, 5) is 2.34. The van der Waals surface area contributed by atoms with E-state index in [-0.39, 0.29) is 6.61 Å². The summed E-state index contributed by atoms with van der Waals surface area (Å²) in [5.41, 5.74) is 2.12. The molecule has 0 radical (unpaired) electrons. The number of hydrogen-bond donors (Lipinski definition) is 1. The summed E-state index contributed by atoms with van der Waals surface area (Å²) in [6.07, 6.45) is 0. The number of aryl methyl sites for hydroxylation is 1. The van der Waals surface area contributed by atoms with Crippen molar-refractivity contribution in [3.05, 3.63) is 53.6 Å². The van der Waals surface area contributed by atoms with Crippen LogP contribution in [0.4, 0.5) is 0 Å². The molecule has 94 valence electrons. The average molecular weight is 260 g/mol. The number of aliphatic hydroxyl groups is 1. The quantitative estimate of drug-likeness (QED) is 0.910. The van der Waals surface area contributed by atoms with Gasteiger partial charge in [-0.15, -0.1) is 0 Å². The van der Waals surface area contributed by atoms with E-state index in [1.54, 1.807) is 18.9 Å². The van der Waals surface area contributed by atoms with Gasteiger partial charge in [0, 0.05) is 9.79 Å². The number of hydrogen-bond acceptors (Lipinski definition) is 3. The van der Waals surface area contributed by atoms with Gasteiger partial charge in [0.05, 0.1) is 13.7 Å². The Bertz CT molecular complexity index is 538. The number of ether oxygens (including phenoxy) is 1. The van der Waals surface area contributed by atoms with Crippen molar-refractivity contribution in [3.8, 4) is 5.75 Å². The second kappa shape index (κ2) is 5.94. The fraction of sp³-hybridized carbons (Fsp3) is 0.200. The summed E-state index contributed by atoms with van der Waals surface area (Å²) in [7, 11) is 1.67. The lowest BCUT2D eigenvalue weighted by Crippen LogP contribution is -1.87. The molecule has 2 nitrogen and oxygen atoms in total. The predicted molar refractivity (Wildman–Crippen MR) is 74.2 cm³/mol. The number of rotatable bonds is 4. The van der Waals surface area contributed by atoms with Crippen LogP contribution < -0.4 is 4.74 Å². The molecule has 0 fully saturated rings. The number of aliphatic hydroxyl groups excluding tert-OH is 1. The molecule has 3 heteroatoms. The monoisotopic (exact) mass is 260 g/mol. The largest absolute Gasteiger partial charge is 0.497 e. The van der Waals surface area contributed by atoms with Crippen LogP contribution in [0.2, 0.25) is 0 Å². The first-order valence-corrected chi connectivity index (χ1v) is 6.57. The van der Waals surface area contributed by atoms with Crippen LogP contribution in [0.25, 0.3) is 0 Å². The Morgan fingerprint density at radius 1 is 1.17 bits per heavy atom. The predicted octanol–water partition coefficient (Wildman–Crippen LogP) is 3.65. The van der Waals surface area contributed by atoms with E-state index in [0.717, 1.165) is 16.2 Å². The molecular formula is C15H16O2S. The average Bonchev–Trinajstić information content (AvgIpc) is 2.41. The topological polar surface area (TPSA) is 29.5 Å². The first kappa shape index (κ1) is 13.0. The molecule has 2 rings (SSSR count). The highest BCUT2D eigenvalue weighted by Crippen LogP contribution is 2.32. The molecule has 0 spiro atoms. The molecule has 0 atom stereocenters. The second-order valence-corrected chi connectivity index (χ2v) is 5.15. The van der Waals surface area contributed by atoms with Crippen molar-refractivity contribution in [3.63, 3.8) is 0 Å². The standard InChI is InChI=1S/C15H16O2S/c1-11-8-12(10-16)6-7-15(11)18-14-5-3-4-13(9-14)17-2/h3-9,16H,10H2,1-2H3. The molecule has 0 bridgehead atoms. The minimum Gasteiger partial charge on any atom is -0.497 e. The number of methoxy groups -OCH3 is 1. The highest BCUT2D eigenvalue weighted by atomic mass is 32.2. The van der Waals surface area contributed by atoms with E-state index in [9.17, 15) is 0 Å². The van der Waals surface area contributed by atoms with E-state index in [1.807, 2.05) is 36.4 Å². The molecule has 1 N–H and O–H groups in total. The van der Waals surface area contributed by atoms with Gasteiger partial charge in [0.15, 0.2) is 0 Å². The Labute approximate surface area is 112 Å². The van der Waals surface area contributed by atoms with Crippen molar-refractivity contribution in [2.75, 3.05) is 7.11 Å². The van der Waals surface area contributed by atoms with Gasteiger partial charge in [0.25, 0.3) is 0 Å². The molecule has 2 aromatic rings. The minimum absolute atomic E-state index is 0.0882. The Balaban J connectivity index is 2.22. The SMILES string of the molecule is COc1cccc(Sc2ccc(CO)cc2C)c1. The van der Waals surface area contributed by atoms with Crippen LogP contribution in [0.3, 0.4) is 0 Å². The first-order valence-electron chi connectivity index (χ1n) is 5.75. The minimum atomic E-state index is 0.0882. The van der Waals surface area contributed by atoms with Gasteiger partial charge in [0.2, 0.25) is 0 Å². The highest BCUT2D eigenvalue weighted by molar-refractivity contribution is 7.99. The Hall–Kier alpha value is -1.45. The van der Waals surface area contributed by atoms with Crippen molar-refractivity contribution in [1.82, 2.24) is 0 Å². The molecule has 0 saturated carbocycles. The van der Waals surface area contributed by atoms with E-state index in [0.29, 0.717) is 0 Å². The zero-order chi connectivity index (χ0) is 13.0. The smallest absolute Gasteiger partial charge is 0.119 e. The van der Waals surface area contributed by atoms with Crippen LogP contribution in [0.15, 0.2) is 52.3 Å². The van der Waals surface area contributed by atoms with Crippen molar-refractivity contribution < 1.29 is 9.84 Å². The van der Waals surface area contributed by atoms with Gasteiger partial charge in [-0.1, -0.05) is 30.0 Å². The van der Waals surface area contributed by atoms with Crippen molar-refractivity contribution in [2.45, 2.75) is 23.3 Å². The zero-order valence-electron chi connectivity index (χ0n) is 10.5. The molecule has 2 aromatic carbocycles. The summed E-state index contributed by atoms with van der Waals surface area (Å²) in [6, 6.07) is 14.0. The molecule has 0 aliphatic rings. The molecule has 0 amide bonds. The van der Waals surface area contributed by atoms with E-state index < -0.39 is 0 Å². The lowest BCUT2D eigenvalue weighted by molar-refractivity contribution is 0.281. The van der Waals surface area contributed by atoms with Gasteiger partial charge >= 0.3 is 0 Å². The Morgan fingerprint density at radius 2 is 2.00 bits per heavy atom. The fourth-order valence-electron chi connectivity index (χ4n) is 1.72. The lowest BCUT2D eigenvalue weighted by Gasteiger charge is -2.08. The maximum atomic E-state index is 9.09. The molecule has 0 heterocycles. The van der Waals surface area contributed by atoms with Crippen LogP contribution in [0.5, 0.6) is 5.75 Å². The Kier molecular flexibility index (Phi) is 4.28. The summed E-state index contributed by atoms with van der Waals surface area (Å²) < 4.78 is 5.21. The van der Waals surface area contributed by atoms with Gasteiger partial charge in [-0.2, -0.15) is 0 Å². The molecule has 0 saturated heterocycles. The molecule has 0 unspecified atom stereocenters. The van der Waals surface area contributed by atoms with E-state index in [4.69, 9.17) is 9.84 Å². The maximum Gasteiger partial charge on any atom is 0.119 e. The fourth-order valence-corrected chi connectivity index (χ4v) is 2.65. The summed E-state index contributed by atoms with van der Waals surface area (Å²) >= 11 is 1.70. The van der Waals surface area contributed by atoms with Crippen molar-refractivity contribution in [2.24, 2.45) is 0 Å². The maximum absolute atomic E-state index is 9.09. The Morgan fingerprint density at radius 3 is 2.67 bits per heavy atom. The van der Waals surface area contributed by atoms with Crippen LogP contribution in [0, 0.1) is 6.92 Å². The molecular weight excluding hydrogens is 244 g/mol. The molecule has 0 aliphatic heterocycles. The highest BCUT2D eigenvalue weighted by Gasteiger charge is 2.03. The molecule has 18 heavy (non-hydrogen) atoms. The third-order valence-corrected chi connectivity index (χ3v) is 3.86. The first-order chi connectivity index (χ1) is 8.72. The van der Waals surface area contributed by atoms with Crippen LogP contribution >= 0.6 is 11.8 Å². The van der Waals surface area contributed by atoms with Gasteiger partial charge in [-0.3, -0.25) is 0 Å². The third kappa shape index (κ3) is 3.06.